The highest BCUT2D eigenvalue weighted by Crippen LogP contribution is 2.27. The Kier molecular flexibility index (Phi) is 12.0. The molecule has 13 nitrogen and oxygen atoms in total. The normalized spacial score (nSPS) is 26.3. The highest BCUT2D eigenvalue weighted by molar-refractivity contribution is 7.98. The molecule has 2 aromatic rings. The molecule has 0 unspecified atom stereocenters. The van der Waals surface area contributed by atoms with Gasteiger partial charge in [0.25, 0.3) is 5.91 Å². The molecule has 0 saturated carbocycles. The first-order chi connectivity index (χ1) is 23.9. The molecule has 0 radical (unpaired) electrons. The fourth-order valence-corrected chi connectivity index (χ4v) is 7.00. The van der Waals surface area contributed by atoms with Crippen LogP contribution in [0, 0.1) is 5.92 Å². The first kappa shape index (κ1) is 36.7. The molecule has 0 spiro atoms. The van der Waals surface area contributed by atoms with Gasteiger partial charge in [-0.1, -0.05) is 44.2 Å². The molecular formula is C36H46N6O7S. The maximum atomic E-state index is 14.2. The van der Waals surface area contributed by atoms with Crippen LogP contribution in [0.1, 0.15) is 67.6 Å². The zero-order chi connectivity index (χ0) is 35.9. The van der Waals surface area contributed by atoms with E-state index < -0.39 is 65.8 Å². The number of thioether (sulfide) groups is 1. The summed E-state index contributed by atoms with van der Waals surface area (Å²) in [4.78, 5) is 83.5. The SMILES string of the molecule is CSCC[C@@H]1NC(=O)C[C@@H](c2ccccc2)NC(=O)[C@H](C)NC(=O)[C@@H]2C[C@H](NC(=O)c3ccc4c(c3)CCO4)CN2C(=O)[C@H](C(C)C)NC1=O. The molecule has 0 aliphatic carbocycles. The summed E-state index contributed by atoms with van der Waals surface area (Å²) in [5, 5.41) is 14.3. The second-order valence-corrected chi connectivity index (χ2v) is 14.4. The number of rotatable bonds is 7. The van der Waals surface area contributed by atoms with Crippen molar-refractivity contribution in [3.05, 3.63) is 65.2 Å². The molecule has 6 atom stereocenters. The Bertz CT molecular complexity index is 1600. The monoisotopic (exact) mass is 706 g/mol. The summed E-state index contributed by atoms with van der Waals surface area (Å²) in [6.07, 6.45) is 2.86. The Morgan fingerprint density at radius 2 is 1.74 bits per heavy atom. The van der Waals surface area contributed by atoms with Gasteiger partial charge in [-0.25, -0.2) is 0 Å². The molecule has 2 aromatic carbocycles. The molecule has 3 heterocycles. The summed E-state index contributed by atoms with van der Waals surface area (Å²) in [6, 6.07) is 8.88. The van der Waals surface area contributed by atoms with Crippen molar-refractivity contribution in [1.82, 2.24) is 31.5 Å². The van der Waals surface area contributed by atoms with Crippen molar-refractivity contribution in [2.45, 2.75) is 82.7 Å². The van der Waals surface area contributed by atoms with Crippen molar-refractivity contribution >= 4 is 47.2 Å². The number of benzene rings is 2. The first-order valence-corrected chi connectivity index (χ1v) is 18.5. The molecule has 0 aromatic heterocycles. The molecular weight excluding hydrogens is 660 g/mol. The van der Waals surface area contributed by atoms with Gasteiger partial charge in [-0.2, -0.15) is 11.8 Å². The van der Waals surface area contributed by atoms with Crippen LogP contribution in [0.2, 0.25) is 0 Å². The van der Waals surface area contributed by atoms with Crippen molar-refractivity contribution in [3.63, 3.8) is 0 Å². The van der Waals surface area contributed by atoms with Crippen LogP contribution in [0.15, 0.2) is 48.5 Å². The van der Waals surface area contributed by atoms with Crippen LogP contribution in [0.3, 0.4) is 0 Å². The van der Waals surface area contributed by atoms with Gasteiger partial charge in [0.1, 0.15) is 29.9 Å². The minimum absolute atomic E-state index is 0.0130. The van der Waals surface area contributed by atoms with Crippen molar-refractivity contribution in [2.24, 2.45) is 5.92 Å². The molecule has 6 amide bonds. The Morgan fingerprint density at radius 3 is 2.46 bits per heavy atom. The summed E-state index contributed by atoms with van der Waals surface area (Å²) >= 11 is 1.52. The third-order valence-electron chi connectivity index (χ3n) is 9.33. The van der Waals surface area contributed by atoms with Crippen molar-refractivity contribution < 1.29 is 33.5 Å². The van der Waals surface area contributed by atoms with Gasteiger partial charge in [0.2, 0.25) is 29.5 Å². The van der Waals surface area contributed by atoms with Gasteiger partial charge in [-0.15, -0.1) is 0 Å². The van der Waals surface area contributed by atoms with E-state index in [9.17, 15) is 28.8 Å². The van der Waals surface area contributed by atoms with Gasteiger partial charge < -0.3 is 36.2 Å². The summed E-state index contributed by atoms with van der Waals surface area (Å²) in [6.45, 7) is 5.68. The average molecular weight is 707 g/mol. The molecule has 268 valence electrons. The van der Waals surface area contributed by atoms with Gasteiger partial charge in [0.05, 0.1) is 19.1 Å². The Labute approximate surface area is 296 Å². The molecule has 50 heavy (non-hydrogen) atoms. The molecule has 3 aliphatic heterocycles. The van der Waals surface area contributed by atoms with Crippen LogP contribution in [0.4, 0.5) is 0 Å². The predicted octanol–water partition coefficient (Wildman–Crippen LogP) is 1.47. The topological polar surface area (TPSA) is 175 Å². The molecule has 5 rings (SSSR count). The second kappa shape index (κ2) is 16.4. The zero-order valence-electron chi connectivity index (χ0n) is 28.8. The Morgan fingerprint density at radius 1 is 0.980 bits per heavy atom. The number of nitrogens with one attached hydrogen (secondary N) is 5. The van der Waals surface area contributed by atoms with Gasteiger partial charge >= 0.3 is 0 Å². The largest absolute Gasteiger partial charge is 0.493 e. The summed E-state index contributed by atoms with van der Waals surface area (Å²) < 4.78 is 5.56. The number of hydrogen-bond donors (Lipinski definition) is 5. The molecule has 3 aliphatic rings. The predicted molar refractivity (Wildman–Crippen MR) is 188 cm³/mol. The lowest BCUT2D eigenvalue weighted by atomic mass is 10.0. The molecule has 2 saturated heterocycles. The van der Waals surface area contributed by atoms with Gasteiger partial charge in [-0.3, -0.25) is 28.8 Å². The van der Waals surface area contributed by atoms with Crippen LogP contribution in [0.25, 0.3) is 0 Å². The van der Waals surface area contributed by atoms with Gasteiger partial charge in [-0.05, 0) is 67.0 Å². The lowest BCUT2D eigenvalue weighted by Crippen LogP contribution is -2.59. The molecule has 0 bridgehead atoms. The van der Waals surface area contributed by atoms with E-state index in [1.165, 1.54) is 23.6 Å². The van der Waals surface area contributed by atoms with Crippen molar-refractivity contribution in [1.29, 1.82) is 0 Å². The van der Waals surface area contributed by atoms with E-state index in [4.69, 9.17) is 4.74 Å². The maximum absolute atomic E-state index is 14.2. The fraction of sp³-hybridized carbons (Fsp3) is 0.500. The van der Waals surface area contributed by atoms with E-state index >= 15 is 0 Å². The van der Waals surface area contributed by atoms with E-state index in [0.717, 1.165) is 11.3 Å². The van der Waals surface area contributed by atoms with E-state index in [1.807, 2.05) is 12.3 Å². The number of hydrogen-bond acceptors (Lipinski definition) is 8. The minimum Gasteiger partial charge on any atom is -0.493 e. The maximum Gasteiger partial charge on any atom is 0.251 e. The number of carbonyl (C=O) groups excluding carboxylic acids is 6. The summed E-state index contributed by atoms with van der Waals surface area (Å²) in [5.41, 5.74) is 2.06. The number of carbonyl (C=O) groups is 6. The molecule has 14 heteroatoms. The number of ether oxygens (including phenoxy) is 1. The van der Waals surface area contributed by atoms with Crippen LogP contribution < -0.4 is 31.3 Å². The van der Waals surface area contributed by atoms with Gasteiger partial charge in [0, 0.05) is 24.6 Å². The van der Waals surface area contributed by atoms with E-state index in [1.54, 1.807) is 56.3 Å². The molecule has 2 fully saturated rings. The Balaban J connectivity index is 1.44. The third kappa shape index (κ3) is 8.76. The molecule has 5 N–H and O–H groups in total. The van der Waals surface area contributed by atoms with E-state index in [2.05, 4.69) is 26.6 Å². The van der Waals surface area contributed by atoms with Crippen molar-refractivity contribution in [2.75, 3.05) is 25.2 Å². The number of nitrogens with zero attached hydrogens (tertiary/aromatic N) is 1. The second-order valence-electron chi connectivity index (χ2n) is 13.4. The smallest absolute Gasteiger partial charge is 0.251 e. The third-order valence-corrected chi connectivity index (χ3v) is 9.97. The van der Waals surface area contributed by atoms with E-state index in [0.29, 0.717) is 36.3 Å². The average Bonchev–Trinajstić information content (AvgIpc) is 3.75. The number of fused-ring (bicyclic) bond motifs is 2. The quantitative estimate of drug-likeness (QED) is 0.288. The highest BCUT2D eigenvalue weighted by atomic mass is 32.2. The summed E-state index contributed by atoms with van der Waals surface area (Å²) in [5.74, 6) is -1.97. The van der Waals surface area contributed by atoms with Gasteiger partial charge in [0.15, 0.2) is 0 Å². The highest BCUT2D eigenvalue weighted by Gasteiger charge is 2.44. The first-order valence-electron chi connectivity index (χ1n) is 17.1. The lowest BCUT2D eigenvalue weighted by Gasteiger charge is -2.32. The lowest BCUT2D eigenvalue weighted by molar-refractivity contribution is -0.143. The number of amides is 6. The van der Waals surface area contributed by atoms with Crippen LogP contribution >= 0.6 is 11.8 Å². The van der Waals surface area contributed by atoms with Crippen LogP contribution in [-0.4, -0.2) is 95.7 Å². The van der Waals surface area contributed by atoms with E-state index in [-0.39, 0.29) is 31.2 Å². The fourth-order valence-electron chi connectivity index (χ4n) is 6.53. The van der Waals surface area contributed by atoms with Crippen molar-refractivity contribution in [3.8, 4) is 5.75 Å². The van der Waals surface area contributed by atoms with Crippen LogP contribution in [0.5, 0.6) is 5.75 Å². The Hall–Kier alpha value is -4.59. The minimum atomic E-state index is -1.03. The van der Waals surface area contributed by atoms with Crippen LogP contribution in [-0.2, 0) is 30.4 Å². The standard InChI is InChI=1S/C36H46N6O7S/c1-20(2)31-36(48)42-19-25(38-33(45)24-10-11-29-23(16-24)12-14-49-29)17-28(42)35(47)37-21(3)32(44)40-27(22-8-6-5-7-9-22)18-30(43)39-26(13-15-50-4)34(46)41-31/h5-11,16,20-21,25-28,31H,12-15,17-19H2,1-4H3,(H,37,47)(H,38,45)(H,39,43)(H,40,44)(H,41,46)/t21-,25-,26-,27-,28-,31-/m0/s1. The zero-order valence-corrected chi connectivity index (χ0v) is 29.6. The summed E-state index contributed by atoms with van der Waals surface area (Å²) in [7, 11) is 0.